The van der Waals surface area contributed by atoms with Crippen LogP contribution in [0.2, 0.25) is 0 Å². The first kappa shape index (κ1) is 11.9. The van der Waals surface area contributed by atoms with E-state index >= 15 is 0 Å². The van der Waals surface area contributed by atoms with Gasteiger partial charge in [0, 0.05) is 20.1 Å². The number of nitrogens with zero attached hydrogens (tertiary/aromatic N) is 1. The van der Waals surface area contributed by atoms with Gasteiger partial charge in [0.25, 0.3) is 0 Å². The Hall–Kier alpha value is -0.570. The maximum atomic E-state index is 12.5. The molecule has 0 radical (unpaired) electrons. The van der Waals surface area contributed by atoms with Gasteiger partial charge in [-0.3, -0.25) is 4.79 Å². The highest BCUT2D eigenvalue weighted by molar-refractivity contribution is 5.83. The Morgan fingerprint density at radius 2 is 1.94 bits per heavy atom. The minimum atomic E-state index is -0.220. The summed E-state index contributed by atoms with van der Waals surface area (Å²) in [6.45, 7) is 1.47. The van der Waals surface area contributed by atoms with Gasteiger partial charge >= 0.3 is 0 Å². The van der Waals surface area contributed by atoms with Crippen molar-refractivity contribution in [1.82, 2.24) is 4.90 Å². The van der Waals surface area contributed by atoms with Crippen molar-refractivity contribution < 1.29 is 4.79 Å². The molecule has 2 aliphatic carbocycles. The van der Waals surface area contributed by atoms with E-state index in [9.17, 15) is 4.79 Å². The topological polar surface area (TPSA) is 46.3 Å². The van der Waals surface area contributed by atoms with Crippen molar-refractivity contribution >= 4 is 5.91 Å². The number of carbonyl (C=O) groups is 1. The Labute approximate surface area is 98.4 Å². The van der Waals surface area contributed by atoms with E-state index in [1.54, 1.807) is 0 Å². The Morgan fingerprint density at radius 3 is 2.44 bits per heavy atom. The Bertz CT molecular complexity index is 255. The molecule has 92 valence electrons. The van der Waals surface area contributed by atoms with Gasteiger partial charge in [0.15, 0.2) is 0 Å². The molecule has 0 unspecified atom stereocenters. The third kappa shape index (κ3) is 2.40. The maximum absolute atomic E-state index is 12.5. The first-order valence-electron chi connectivity index (χ1n) is 6.63. The van der Waals surface area contributed by atoms with E-state index in [2.05, 4.69) is 0 Å². The molecule has 0 aliphatic heterocycles. The van der Waals surface area contributed by atoms with Crippen LogP contribution in [0.25, 0.3) is 0 Å². The summed E-state index contributed by atoms with van der Waals surface area (Å²) in [4.78, 5) is 14.4. The number of rotatable bonds is 4. The monoisotopic (exact) mass is 224 g/mol. The lowest BCUT2D eigenvalue weighted by molar-refractivity contribution is -0.142. The highest BCUT2D eigenvalue weighted by atomic mass is 16.2. The lowest BCUT2D eigenvalue weighted by Crippen LogP contribution is -2.48. The highest BCUT2D eigenvalue weighted by Gasteiger charge is 2.40. The van der Waals surface area contributed by atoms with Crippen molar-refractivity contribution in [3.05, 3.63) is 0 Å². The Balaban J connectivity index is 1.97. The van der Waals surface area contributed by atoms with Crippen LogP contribution < -0.4 is 5.73 Å². The van der Waals surface area contributed by atoms with Gasteiger partial charge in [0.1, 0.15) is 0 Å². The zero-order valence-electron chi connectivity index (χ0n) is 10.4. The summed E-state index contributed by atoms with van der Waals surface area (Å²) >= 11 is 0. The summed E-state index contributed by atoms with van der Waals surface area (Å²) in [6, 6.07) is 0. The Kier molecular flexibility index (Phi) is 3.53. The molecule has 0 heterocycles. The van der Waals surface area contributed by atoms with E-state index in [4.69, 9.17) is 5.73 Å². The van der Waals surface area contributed by atoms with E-state index in [0.29, 0.717) is 12.5 Å². The molecule has 0 aromatic heterocycles. The van der Waals surface area contributed by atoms with Crippen molar-refractivity contribution in [3.8, 4) is 0 Å². The normalized spacial score (nSPS) is 24.1. The standard InChI is InChI=1S/C13H24N2O/c1-15(9-11-5-6-11)12(16)13(10-14)7-3-2-4-8-13/h11H,2-10,14H2,1H3. The average Bonchev–Trinajstić information content (AvgIpc) is 3.12. The predicted molar refractivity (Wildman–Crippen MR) is 64.9 cm³/mol. The Morgan fingerprint density at radius 1 is 1.31 bits per heavy atom. The molecule has 0 bridgehead atoms. The van der Waals surface area contributed by atoms with Crippen LogP contribution in [0.5, 0.6) is 0 Å². The van der Waals surface area contributed by atoms with E-state index in [1.807, 2.05) is 11.9 Å². The molecule has 3 nitrogen and oxygen atoms in total. The van der Waals surface area contributed by atoms with Crippen LogP contribution in [-0.2, 0) is 4.79 Å². The minimum absolute atomic E-state index is 0.220. The summed E-state index contributed by atoms with van der Waals surface area (Å²) in [5.74, 6) is 1.08. The van der Waals surface area contributed by atoms with E-state index in [-0.39, 0.29) is 5.41 Å². The number of hydrogen-bond donors (Lipinski definition) is 1. The third-order valence-corrected chi connectivity index (χ3v) is 4.23. The van der Waals surface area contributed by atoms with Crippen LogP contribution >= 0.6 is 0 Å². The molecule has 0 aromatic carbocycles. The van der Waals surface area contributed by atoms with Crippen LogP contribution in [0.3, 0.4) is 0 Å². The molecule has 2 rings (SSSR count). The summed E-state index contributed by atoms with van der Waals surface area (Å²) in [5.41, 5.74) is 5.66. The second-order valence-corrected chi connectivity index (χ2v) is 5.67. The van der Waals surface area contributed by atoms with Crippen LogP contribution in [0.15, 0.2) is 0 Å². The van der Waals surface area contributed by atoms with Crippen LogP contribution in [0, 0.1) is 11.3 Å². The van der Waals surface area contributed by atoms with Crippen molar-refractivity contribution in [2.45, 2.75) is 44.9 Å². The fourth-order valence-electron chi connectivity index (χ4n) is 2.91. The SMILES string of the molecule is CN(CC1CC1)C(=O)C1(CN)CCCCC1. The molecule has 1 amide bonds. The fourth-order valence-corrected chi connectivity index (χ4v) is 2.91. The van der Waals surface area contributed by atoms with Crippen molar-refractivity contribution in [1.29, 1.82) is 0 Å². The summed E-state index contributed by atoms with van der Waals surface area (Å²) in [6.07, 6.45) is 8.19. The van der Waals surface area contributed by atoms with Gasteiger partial charge in [0.2, 0.25) is 5.91 Å². The summed E-state index contributed by atoms with van der Waals surface area (Å²) in [7, 11) is 1.95. The second kappa shape index (κ2) is 4.74. The van der Waals surface area contributed by atoms with Crippen molar-refractivity contribution in [2.75, 3.05) is 20.1 Å². The van der Waals surface area contributed by atoms with Gasteiger partial charge in [-0.25, -0.2) is 0 Å². The van der Waals surface area contributed by atoms with E-state index in [1.165, 1.54) is 32.1 Å². The number of carbonyl (C=O) groups excluding carboxylic acids is 1. The lowest BCUT2D eigenvalue weighted by atomic mass is 9.73. The minimum Gasteiger partial charge on any atom is -0.345 e. The molecule has 2 saturated carbocycles. The fraction of sp³-hybridized carbons (Fsp3) is 0.923. The highest BCUT2D eigenvalue weighted by Crippen LogP contribution is 2.38. The van der Waals surface area contributed by atoms with Crippen molar-refractivity contribution in [2.24, 2.45) is 17.1 Å². The van der Waals surface area contributed by atoms with E-state index < -0.39 is 0 Å². The number of nitrogens with two attached hydrogens (primary N) is 1. The molecule has 0 spiro atoms. The zero-order chi connectivity index (χ0) is 11.6. The molecular formula is C13H24N2O. The quantitative estimate of drug-likeness (QED) is 0.791. The maximum Gasteiger partial charge on any atom is 0.229 e. The molecule has 2 fully saturated rings. The average molecular weight is 224 g/mol. The molecule has 3 heteroatoms. The molecule has 2 aliphatic rings. The molecular weight excluding hydrogens is 200 g/mol. The molecule has 16 heavy (non-hydrogen) atoms. The second-order valence-electron chi connectivity index (χ2n) is 5.67. The van der Waals surface area contributed by atoms with Crippen molar-refractivity contribution in [3.63, 3.8) is 0 Å². The first-order chi connectivity index (χ1) is 7.68. The zero-order valence-corrected chi connectivity index (χ0v) is 10.4. The van der Waals surface area contributed by atoms with Gasteiger partial charge in [-0.05, 0) is 31.6 Å². The van der Waals surface area contributed by atoms with Crippen LogP contribution in [-0.4, -0.2) is 30.9 Å². The van der Waals surface area contributed by atoms with Gasteiger partial charge in [-0.1, -0.05) is 19.3 Å². The van der Waals surface area contributed by atoms with Gasteiger partial charge < -0.3 is 10.6 Å². The summed E-state index contributed by atoms with van der Waals surface area (Å²) < 4.78 is 0. The third-order valence-electron chi connectivity index (χ3n) is 4.23. The lowest BCUT2D eigenvalue weighted by Gasteiger charge is -2.37. The van der Waals surface area contributed by atoms with Gasteiger partial charge in [0.05, 0.1) is 5.41 Å². The largest absolute Gasteiger partial charge is 0.345 e. The molecule has 0 atom stereocenters. The van der Waals surface area contributed by atoms with Gasteiger partial charge in [-0.15, -0.1) is 0 Å². The molecule has 0 saturated heterocycles. The predicted octanol–water partition coefficient (Wildman–Crippen LogP) is 1.76. The smallest absolute Gasteiger partial charge is 0.229 e. The van der Waals surface area contributed by atoms with Crippen LogP contribution in [0.4, 0.5) is 0 Å². The molecule has 0 aromatic rings. The van der Waals surface area contributed by atoms with Crippen LogP contribution in [0.1, 0.15) is 44.9 Å². The summed E-state index contributed by atoms with van der Waals surface area (Å²) in [5, 5.41) is 0. The number of amides is 1. The molecule has 2 N–H and O–H groups in total. The first-order valence-corrected chi connectivity index (χ1v) is 6.63. The van der Waals surface area contributed by atoms with Gasteiger partial charge in [-0.2, -0.15) is 0 Å². The van der Waals surface area contributed by atoms with E-state index in [0.717, 1.165) is 25.3 Å². The number of hydrogen-bond acceptors (Lipinski definition) is 2.